The highest BCUT2D eigenvalue weighted by Crippen LogP contribution is 2.24. The van der Waals surface area contributed by atoms with Crippen molar-refractivity contribution >= 4 is 17.3 Å². The van der Waals surface area contributed by atoms with Crippen LogP contribution < -0.4 is 4.90 Å². The van der Waals surface area contributed by atoms with E-state index in [1.54, 1.807) is 6.07 Å². The SMILES string of the molecule is CCOCCN(CC)c1ccc(Cl)cc1CO. The van der Waals surface area contributed by atoms with Crippen LogP contribution in [0.25, 0.3) is 0 Å². The van der Waals surface area contributed by atoms with Crippen LogP contribution in [-0.4, -0.2) is 31.4 Å². The summed E-state index contributed by atoms with van der Waals surface area (Å²) >= 11 is 5.92. The lowest BCUT2D eigenvalue weighted by Crippen LogP contribution is -2.28. The van der Waals surface area contributed by atoms with E-state index in [0.29, 0.717) is 11.6 Å². The molecule has 0 aliphatic rings. The van der Waals surface area contributed by atoms with Gasteiger partial charge in [-0.2, -0.15) is 0 Å². The first kappa shape index (κ1) is 14.3. The average Bonchev–Trinajstić information content (AvgIpc) is 2.35. The van der Waals surface area contributed by atoms with Gasteiger partial charge in [0.05, 0.1) is 13.2 Å². The monoisotopic (exact) mass is 257 g/mol. The third-order valence-electron chi connectivity index (χ3n) is 2.64. The van der Waals surface area contributed by atoms with Gasteiger partial charge in [-0.3, -0.25) is 0 Å². The molecule has 4 heteroatoms. The van der Waals surface area contributed by atoms with Crippen molar-refractivity contribution in [1.29, 1.82) is 0 Å². The summed E-state index contributed by atoms with van der Waals surface area (Å²) in [6.07, 6.45) is 0. The summed E-state index contributed by atoms with van der Waals surface area (Å²) in [5.41, 5.74) is 1.88. The van der Waals surface area contributed by atoms with Crippen LogP contribution in [0.3, 0.4) is 0 Å². The molecule has 0 saturated heterocycles. The zero-order valence-electron chi connectivity index (χ0n) is 10.4. The molecule has 0 bridgehead atoms. The average molecular weight is 258 g/mol. The van der Waals surface area contributed by atoms with Gasteiger partial charge in [0, 0.05) is 36.0 Å². The normalized spacial score (nSPS) is 10.6. The topological polar surface area (TPSA) is 32.7 Å². The summed E-state index contributed by atoms with van der Waals surface area (Å²) < 4.78 is 5.35. The highest BCUT2D eigenvalue weighted by molar-refractivity contribution is 6.30. The van der Waals surface area contributed by atoms with Crippen LogP contribution >= 0.6 is 11.6 Å². The summed E-state index contributed by atoms with van der Waals surface area (Å²) in [6, 6.07) is 5.60. The molecular formula is C13H20ClNO2. The van der Waals surface area contributed by atoms with Crippen LogP contribution in [0.1, 0.15) is 19.4 Å². The van der Waals surface area contributed by atoms with E-state index in [1.807, 2.05) is 19.1 Å². The predicted molar refractivity (Wildman–Crippen MR) is 71.8 cm³/mol. The molecular weight excluding hydrogens is 238 g/mol. The predicted octanol–water partition coefficient (Wildman–Crippen LogP) is 2.70. The molecule has 0 aliphatic heterocycles. The van der Waals surface area contributed by atoms with Crippen LogP contribution in [0.4, 0.5) is 5.69 Å². The Balaban J connectivity index is 2.79. The maximum atomic E-state index is 9.34. The second-order valence-corrected chi connectivity index (χ2v) is 4.14. The van der Waals surface area contributed by atoms with Crippen molar-refractivity contribution < 1.29 is 9.84 Å². The van der Waals surface area contributed by atoms with Crippen molar-refractivity contribution in [3.05, 3.63) is 28.8 Å². The van der Waals surface area contributed by atoms with Gasteiger partial charge in [-0.25, -0.2) is 0 Å². The third kappa shape index (κ3) is 4.19. The molecule has 0 saturated carbocycles. The minimum absolute atomic E-state index is 0.00102. The number of aliphatic hydroxyl groups is 1. The number of halogens is 1. The van der Waals surface area contributed by atoms with Gasteiger partial charge in [-0.15, -0.1) is 0 Å². The van der Waals surface area contributed by atoms with Crippen molar-refractivity contribution in [3.63, 3.8) is 0 Å². The summed E-state index contributed by atoms with van der Waals surface area (Å²) in [4.78, 5) is 2.18. The number of aliphatic hydroxyl groups excluding tert-OH is 1. The van der Waals surface area contributed by atoms with Gasteiger partial charge < -0.3 is 14.7 Å². The molecule has 0 unspecified atom stereocenters. The number of hydrogen-bond acceptors (Lipinski definition) is 3. The summed E-state index contributed by atoms with van der Waals surface area (Å²) in [5, 5.41) is 9.99. The Kier molecular flexibility index (Phi) is 6.34. The van der Waals surface area contributed by atoms with Gasteiger partial charge in [0.1, 0.15) is 0 Å². The Bertz CT molecular complexity index is 344. The maximum Gasteiger partial charge on any atom is 0.0702 e. The molecule has 0 heterocycles. The van der Waals surface area contributed by atoms with Crippen LogP contribution in [0.5, 0.6) is 0 Å². The van der Waals surface area contributed by atoms with E-state index in [9.17, 15) is 5.11 Å². The Labute approximate surface area is 108 Å². The van der Waals surface area contributed by atoms with Crippen molar-refractivity contribution in [2.24, 2.45) is 0 Å². The van der Waals surface area contributed by atoms with Crippen LogP contribution in [0.15, 0.2) is 18.2 Å². The molecule has 0 fully saturated rings. The van der Waals surface area contributed by atoms with Crippen molar-refractivity contribution in [3.8, 4) is 0 Å². The number of rotatable bonds is 7. The molecule has 96 valence electrons. The molecule has 0 aliphatic carbocycles. The third-order valence-corrected chi connectivity index (χ3v) is 2.88. The fraction of sp³-hybridized carbons (Fsp3) is 0.538. The van der Waals surface area contributed by atoms with Gasteiger partial charge in [0.15, 0.2) is 0 Å². The minimum Gasteiger partial charge on any atom is -0.392 e. The molecule has 17 heavy (non-hydrogen) atoms. The molecule has 3 nitrogen and oxygen atoms in total. The van der Waals surface area contributed by atoms with E-state index in [-0.39, 0.29) is 6.61 Å². The first-order valence-corrected chi connectivity index (χ1v) is 6.32. The van der Waals surface area contributed by atoms with Crippen molar-refractivity contribution in [1.82, 2.24) is 0 Å². The second kappa shape index (κ2) is 7.54. The van der Waals surface area contributed by atoms with Gasteiger partial charge in [0.25, 0.3) is 0 Å². The number of ether oxygens (including phenoxy) is 1. The zero-order valence-corrected chi connectivity index (χ0v) is 11.2. The lowest BCUT2D eigenvalue weighted by molar-refractivity contribution is 0.154. The minimum atomic E-state index is 0.00102. The summed E-state index contributed by atoms with van der Waals surface area (Å²) in [6.45, 7) is 7.18. The van der Waals surface area contributed by atoms with Crippen LogP contribution in [0, 0.1) is 0 Å². The Hall–Kier alpha value is -0.770. The highest BCUT2D eigenvalue weighted by atomic mass is 35.5. The van der Waals surface area contributed by atoms with Gasteiger partial charge >= 0.3 is 0 Å². The van der Waals surface area contributed by atoms with Gasteiger partial charge in [0.2, 0.25) is 0 Å². The largest absolute Gasteiger partial charge is 0.392 e. The Morgan fingerprint density at radius 3 is 2.71 bits per heavy atom. The first-order valence-electron chi connectivity index (χ1n) is 5.94. The van der Waals surface area contributed by atoms with E-state index in [2.05, 4.69) is 11.8 Å². The van der Waals surface area contributed by atoms with E-state index in [0.717, 1.165) is 30.9 Å². The van der Waals surface area contributed by atoms with E-state index < -0.39 is 0 Å². The van der Waals surface area contributed by atoms with Gasteiger partial charge in [-0.1, -0.05) is 11.6 Å². The van der Waals surface area contributed by atoms with E-state index >= 15 is 0 Å². The second-order valence-electron chi connectivity index (χ2n) is 3.71. The maximum absolute atomic E-state index is 9.34. The molecule has 0 aromatic heterocycles. The number of benzene rings is 1. The van der Waals surface area contributed by atoms with Crippen molar-refractivity contribution in [2.75, 3.05) is 31.2 Å². The molecule has 0 spiro atoms. The fourth-order valence-corrected chi connectivity index (χ4v) is 1.95. The molecule has 0 amide bonds. The van der Waals surface area contributed by atoms with Crippen LogP contribution in [0.2, 0.25) is 5.02 Å². The quantitative estimate of drug-likeness (QED) is 0.763. The number of anilines is 1. The molecule has 1 rings (SSSR count). The first-order chi connectivity index (χ1) is 8.22. The summed E-state index contributed by atoms with van der Waals surface area (Å²) in [7, 11) is 0. The fourth-order valence-electron chi connectivity index (χ4n) is 1.76. The number of hydrogen-bond donors (Lipinski definition) is 1. The van der Waals surface area contributed by atoms with E-state index in [1.165, 1.54) is 0 Å². The molecule has 1 N–H and O–H groups in total. The Morgan fingerprint density at radius 1 is 1.35 bits per heavy atom. The Morgan fingerprint density at radius 2 is 2.12 bits per heavy atom. The smallest absolute Gasteiger partial charge is 0.0702 e. The highest BCUT2D eigenvalue weighted by Gasteiger charge is 2.09. The van der Waals surface area contributed by atoms with Crippen molar-refractivity contribution in [2.45, 2.75) is 20.5 Å². The van der Waals surface area contributed by atoms with Gasteiger partial charge in [-0.05, 0) is 32.0 Å². The summed E-state index contributed by atoms with van der Waals surface area (Å²) in [5.74, 6) is 0. The zero-order chi connectivity index (χ0) is 12.7. The number of likely N-dealkylation sites (N-methyl/N-ethyl adjacent to an activating group) is 1. The lowest BCUT2D eigenvalue weighted by atomic mass is 10.1. The lowest BCUT2D eigenvalue weighted by Gasteiger charge is -2.25. The van der Waals surface area contributed by atoms with E-state index in [4.69, 9.17) is 16.3 Å². The molecule has 0 atom stereocenters. The van der Waals surface area contributed by atoms with Crippen LogP contribution in [-0.2, 0) is 11.3 Å². The number of nitrogens with zero attached hydrogens (tertiary/aromatic N) is 1. The molecule has 0 radical (unpaired) electrons. The standard InChI is InChI=1S/C13H20ClNO2/c1-3-15(7-8-17-4-2)13-6-5-12(14)9-11(13)10-16/h5-6,9,16H,3-4,7-8,10H2,1-2H3. The molecule has 1 aromatic rings. The molecule has 1 aromatic carbocycles.